The molecule has 0 heterocycles. The van der Waals surface area contributed by atoms with Gasteiger partial charge in [-0.05, 0) is 26.7 Å². The molecule has 7 heteroatoms. The molecule has 116 valence electrons. The van der Waals surface area contributed by atoms with Crippen LogP contribution in [0.5, 0.6) is 0 Å². The second-order valence-electron chi connectivity index (χ2n) is 5.82. The zero-order chi connectivity index (χ0) is 15.9. The molecule has 0 aromatic rings. The van der Waals surface area contributed by atoms with Crippen LogP contribution < -0.4 is 5.32 Å². The van der Waals surface area contributed by atoms with Crippen molar-refractivity contribution >= 4 is 18.0 Å². The Bertz CT molecular complexity index is 358. The van der Waals surface area contributed by atoms with Crippen molar-refractivity contribution in [2.24, 2.45) is 5.92 Å². The molecule has 1 atom stereocenters. The summed E-state index contributed by atoms with van der Waals surface area (Å²) in [6.45, 7) is 8.89. The van der Waals surface area contributed by atoms with E-state index in [0.717, 1.165) is 0 Å². The Morgan fingerprint density at radius 1 is 1.20 bits per heavy atom. The molecule has 0 saturated carbocycles. The predicted molar refractivity (Wildman–Crippen MR) is 71.2 cm³/mol. The van der Waals surface area contributed by atoms with Gasteiger partial charge in [-0.1, -0.05) is 13.8 Å². The summed E-state index contributed by atoms with van der Waals surface area (Å²) in [6.07, 6.45) is -1.33. The molecular formula is C13H23NO6. The first-order chi connectivity index (χ1) is 9.01. The summed E-state index contributed by atoms with van der Waals surface area (Å²) in [5.74, 6) is -1.85. The van der Waals surface area contributed by atoms with E-state index in [2.05, 4.69) is 5.32 Å². The van der Waals surface area contributed by atoms with E-state index >= 15 is 0 Å². The summed E-state index contributed by atoms with van der Waals surface area (Å²) >= 11 is 0. The van der Waals surface area contributed by atoms with Crippen LogP contribution in [-0.2, 0) is 19.1 Å². The van der Waals surface area contributed by atoms with Gasteiger partial charge in [0.15, 0.2) is 0 Å². The molecule has 0 aromatic carbocycles. The number of hydrogen-bond acceptors (Lipinski definition) is 5. The van der Waals surface area contributed by atoms with Crippen molar-refractivity contribution in [2.45, 2.75) is 52.7 Å². The fourth-order valence-electron chi connectivity index (χ4n) is 1.14. The van der Waals surface area contributed by atoms with E-state index in [1.807, 2.05) is 13.8 Å². The number of ether oxygens (including phenoxy) is 2. The first kappa shape index (κ1) is 18.2. The van der Waals surface area contributed by atoms with E-state index in [0.29, 0.717) is 0 Å². The minimum atomic E-state index is -1.37. The van der Waals surface area contributed by atoms with Crippen LogP contribution in [0.3, 0.4) is 0 Å². The Hall–Kier alpha value is -1.79. The van der Waals surface area contributed by atoms with Gasteiger partial charge in [-0.3, -0.25) is 4.79 Å². The Labute approximate surface area is 118 Å². The summed E-state index contributed by atoms with van der Waals surface area (Å²) in [7, 11) is 0. The van der Waals surface area contributed by atoms with Crippen molar-refractivity contribution in [1.82, 2.24) is 5.32 Å². The SMILES string of the molecule is CC(C)COC(=O)C[C@H](NC(=O)OC(C)(C)C)C(=O)O. The smallest absolute Gasteiger partial charge is 0.408 e. The van der Waals surface area contributed by atoms with E-state index < -0.39 is 36.1 Å². The molecular weight excluding hydrogens is 266 g/mol. The third-order valence-corrected chi connectivity index (χ3v) is 1.94. The van der Waals surface area contributed by atoms with Gasteiger partial charge in [-0.15, -0.1) is 0 Å². The van der Waals surface area contributed by atoms with E-state index in [9.17, 15) is 14.4 Å². The molecule has 0 aliphatic carbocycles. The topological polar surface area (TPSA) is 102 Å². The van der Waals surface area contributed by atoms with Crippen LogP contribution in [0.4, 0.5) is 4.79 Å². The Kier molecular flexibility index (Phi) is 7.02. The van der Waals surface area contributed by atoms with Gasteiger partial charge in [0.1, 0.15) is 11.6 Å². The molecule has 0 rings (SSSR count). The van der Waals surface area contributed by atoms with Crippen LogP contribution in [0.1, 0.15) is 41.0 Å². The Balaban J connectivity index is 4.41. The lowest BCUT2D eigenvalue weighted by Gasteiger charge is -2.21. The summed E-state index contributed by atoms with van der Waals surface area (Å²) in [4.78, 5) is 33.9. The van der Waals surface area contributed by atoms with Crippen LogP contribution in [0.15, 0.2) is 0 Å². The molecule has 0 aromatic heterocycles. The number of carbonyl (C=O) groups excluding carboxylic acids is 2. The number of hydrogen-bond donors (Lipinski definition) is 2. The van der Waals surface area contributed by atoms with Crippen LogP contribution in [0.25, 0.3) is 0 Å². The first-order valence-corrected chi connectivity index (χ1v) is 6.39. The standard InChI is InChI=1S/C13H23NO6/c1-8(2)7-19-10(15)6-9(11(16)17)14-12(18)20-13(3,4)5/h8-9H,6-7H2,1-5H3,(H,14,18)(H,16,17)/t9-/m0/s1. The zero-order valence-corrected chi connectivity index (χ0v) is 12.6. The lowest BCUT2D eigenvalue weighted by molar-refractivity contribution is -0.150. The number of rotatable bonds is 6. The van der Waals surface area contributed by atoms with Crippen LogP contribution in [0.2, 0.25) is 0 Å². The van der Waals surface area contributed by atoms with Crippen molar-refractivity contribution in [3.05, 3.63) is 0 Å². The highest BCUT2D eigenvalue weighted by molar-refractivity contribution is 5.85. The number of nitrogens with one attached hydrogen (secondary N) is 1. The number of carboxylic acids is 1. The molecule has 0 saturated heterocycles. The summed E-state index contributed by atoms with van der Waals surface area (Å²) in [6, 6.07) is -1.37. The zero-order valence-electron chi connectivity index (χ0n) is 12.6. The number of carboxylic acid groups (broad SMARTS) is 1. The van der Waals surface area contributed by atoms with Crippen LogP contribution in [-0.4, -0.2) is 41.4 Å². The fraction of sp³-hybridized carbons (Fsp3) is 0.769. The molecule has 1 amide bonds. The minimum absolute atomic E-state index is 0.154. The number of alkyl carbamates (subject to hydrolysis) is 1. The molecule has 0 aliphatic heterocycles. The van der Waals surface area contributed by atoms with Crippen molar-refractivity contribution in [3.8, 4) is 0 Å². The maximum absolute atomic E-state index is 11.5. The number of aliphatic carboxylic acids is 1. The molecule has 0 fully saturated rings. The van der Waals surface area contributed by atoms with Gasteiger partial charge >= 0.3 is 18.0 Å². The highest BCUT2D eigenvalue weighted by Gasteiger charge is 2.26. The second-order valence-corrected chi connectivity index (χ2v) is 5.82. The number of carbonyl (C=O) groups is 3. The molecule has 2 N–H and O–H groups in total. The molecule has 7 nitrogen and oxygen atoms in total. The van der Waals surface area contributed by atoms with Crippen LogP contribution in [0, 0.1) is 5.92 Å². The van der Waals surface area contributed by atoms with Crippen molar-refractivity contribution in [2.75, 3.05) is 6.61 Å². The average Bonchev–Trinajstić information content (AvgIpc) is 2.22. The van der Waals surface area contributed by atoms with Crippen molar-refractivity contribution in [1.29, 1.82) is 0 Å². The van der Waals surface area contributed by atoms with Crippen molar-refractivity contribution < 1.29 is 29.0 Å². The third-order valence-electron chi connectivity index (χ3n) is 1.94. The van der Waals surface area contributed by atoms with Gasteiger partial charge in [0, 0.05) is 0 Å². The fourth-order valence-corrected chi connectivity index (χ4v) is 1.14. The maximum Gasteiger partial charge on any atom is 0.408 e. The monoisotopic (exact) mass is 289 g/mol. The lowest BCUT2D eigenvalue weighted by Crippen LogP contribution is -2.44. The number of amides is 1. The summed E-state index contributed by atoms with van der Waals surface area (Å²) in [5, 5.41) is 11.1. The molecule has 0 radical (unpaired) electrons. The van der Waals surface area contributed by atoms with E-state index in [-0.39, 0.29) is 12.5 Å². The first-order valence-electron chi connectivity index (χ1n) is 6.39. The van der Waals surface area contributed by atoms with Crippen molar-refractivity contribution in [3.63, 3.8) is 0 Å². The van der Waals surface area contributed by atoms with Gasteiger partial charge in [0.25, 0.3) is 0 Å². The second kappa shape index (κ2) is 7.72. The van der Waals surface area contributed by atoms with E-state index in [1.54, 1.807) is 20.8 Å². The number of esters is 1. The third kappa shape index (κ3) is 9.18. The van der Waals surface area contributed by atoms with Gasteiger partial charge in [0.2, 0.25) is 0 Å². The summed E-state index contributed by atoms with van der Waals surface area (Å²) < 4.78 is 9.80. The van der Waals surface area contributed by atoms with E-state index in [1.165, 1.54) is 0 Å². The van der Waals surface area contributed by atoms with Crippen LogP contribution >= 0.6 is 0 Å². The largest absolute Gasteiger partial charge is 0.480 e. The molecule has 20 heavy (non-hydrogen) atoms. The Morgan fingerprint density at radius 2 is 1.75 bits per heavy atom. The predicted octanol–water partition coefficient (Wildman–Crippen LogP) is 1.55. The quantitative estimate of drug-likeness (QED) is 0.719. The van der Waals surface area contributed by atoms with Gasteiger partial charge in [-0.2, -0.15) is 0 Å². The highest BCUT2D eigenvalue weighted by atomic mass is 16.6. The molecule has 0 aliphatic rings. The highest BCUT2D eigenvalue weighted by Crippen LogP contribution is 2.07. The lowest BCUT2D eigenvalue weighted by atomic mass is 10.2. The van der Waals surface area contributed by atoms with E-state index in [4.69, 9.17) is 14.6 Å². The minimum Gasteiger partial charge on any atom is -0.480 e. The van der Waals surface area contributed by atoms with Gasteiger partial charge in [0.05, 0.1) is 13.0 Å². The van der Waals surface area contributed by atoms with Gasteiger partial charge < -0.3 is 19.9 Å². The molecule has 0 unspecified atom stereocenters. The Morgan fingerprint density at radius 3 is 2.15 bits per heavy atom. The summed E-state index contributed by atoms with van der Waals surface area (Å²) in [5.41, 5.74) is -0.745. The normalized spacial score (nSPS) is 12.7. The average molecular weight is 289 g/mol. The molecule has 0 bridgehead atoms. The van der Waals surface area contributed by atoms with Gasteiger partial charge in [-0.25, -0.2) is 9.59 Å². The maximum atomic E-state index is 11.5. The molecule has 0 spiro atoms.